The van der Waals surface area contributed by atoms with E-state index in [2.05, 4.69) is 0 Å². The fraction of sp³-hybridized carbons (Fsp3) is 0.250. The molecule has 0 atom stereocenters. The van der Waals surface area contributed by atoms with Crippen LogP contribution >= 0.6 is 11.3 Å². The van der Waals surface area contributed by atoms with E-state index in [1.807, 2.05) is 31.2 Å². The molecule has 5 nitrogen and oxygen atoms in total. The molecule has 0 radical (unpaired) electrons. The number of benzene rings is 2. The first-order valence-corrected chi connectivity index (χ1v) is 11.1. The quantitative estimate of drug-likeness (QED) is 0.677. The van der Waals surface area contributed by atoms with Crippen molar-refractivity contribution in [2.45, 2.75) is 11.8 Å². The van der Waals surface area contributed by atoms with Gasteiger partial charge in [0.15, 0.2) is 0 Å². The highest BCUT2D eigenvalue weighted by molar-refractivity contribution is 7.89. The normalized spacial score (nSPS) is 16.0. The monoisotopic (exact) mass is 400 g/mol. The summed E-state index contributed by atoms with van der Waals surface area (Å²) in [7, 11) is -3.51. The summed E-state index contributed by atoms with van der Waals surface area (Å²) in [5.41, 5.74) is 1.000. The van der Waals surface area contributed by atoms with Gasteiger partial charge in [0.1, 0.15) is 0 Å². The van der Waals surface area contributed by atoms with Crippen LogP contribution in [-0.2, 0) is 10.0 Å². The Morgan fingerprint density at radius 3 is 2.22 bits per heavy atom. The second kappa shape index (κ2) is 7.07. The first-order chi connectivity index (χ1) is 13.0. The van der Waals surface area contributed by atoms with Gasteiger partial charge in [-0.15, -0.1) is 11.3 Å². The minimum absolute atomic E-state index is 0.00883. The number of fused-ring (bicyclic) bond motifs is 1. The summed E-state index contributed by atoms with van der Waals surface area (Å²) in [6.45, 7) is 3.40. The number of carbonyl (C=O) groups is 1. The van der Waals surface area contributed by atoms with E-state index in [9.17, 15) is 13.2 Å². The van der Waals surface area contributed by atoms with Crippen LogP contribution in [0.3, 0.4) is 0 Å². The highest BCUT2D eigenvalue weighted by Crippen LogP contribution is 2.31. The van der Waals surface area contributed by atoms with E-state index in [0.717, 1.165) is 20.5 Å². The van der Waals surface area contributed by atoms with Gasteiger partial charge >= 0.3 is 0 Å². The number of carbonyl (C=O) groups excluding carboxylic acids is 1. The first-order valence-electron chi connectivity index (χ1n) is 8.81. The summed E-state index contributed by atoms with van der Waals surface area (Å²) in [5, 5.41) is 1.11. The standard InChI is InChI=1S/C20H20N2O3S2/c1-15-17-9-5-6-10-18(17)26-19(15)20(23)21-11-13-22(14-12-21)27(24,25)16-7-3-2-4-8-16/h2-10H,11-14H2,1H3. The second-order valence-electron chi connectivity index (χ2n) is 6.56. The molecule has 1 fully saturated rings. The van der Waals surface area contributed by atoms with Crippen molar-refractivity contribution >= 4 is 37.4 Å². The molecule has 1 aromatic heterocycles. The largest absolute Gasteiger partial charge is 0.335 e. The molecule has 140 valence electrons. The molecule has 1 aliphatic heterocycles. The summed E-state index contributed by atoms with van der Waals surface area (Å²) in [4.78, 5) is 15.8. The zero-order chi connectivity index (χ0) is 19.0. The van der Waals surface area contributed by atoms with Crippen molar-refractivity contribution in [3.05, 3.63) is 65.0 Å². The van der Waals surface area contributed by atoms with E-state index in [1.165, 1.54) is 15.6 Å². The molecule has 1 saturated heterocycles. The van der Waals surface area contributed by atoms with Gasteiger partial charge in [-0.1, -0.05) is 36.4 Å². The van der Waals surface area contributed by atoms with Crippen molar-refractivity contribution < 1.29 is 13.2 Å². The Morgan fingerprint density at radius 2 is 1.56 bits per heavy atom. The summed E-state index contributed by atoms with van der Waals surface area (Å²) in [6, 6.07) is 16.4. The Hall–Kier alpha value is -2.22. The predicted molar refractivity (Wildman–Crippen MR) is 108 cm³/mol. The molecular formula is C20H20N2O3S2. The Morgan fingerprint density at radius 1 is 0.926 bits per heavy atom. The van der Waals surface area contributed by atoms with Gasteiger partial charge in [0.05, 0.1) is 9.77 Å². The number of sulfonamides is 1. The van der Waals surface area contributed by atoms with Crippen LogP contribution in [0.5, 0.6) is 0 Å². The van der Waals surface area contributed by atoms with Gasteiger partial charge < -0.3 is 4.90 Å². The van der Waals surface area contributed by atoms with E-state index >= 15 is 0 Å². The average Bonchev–Trinajstić information content (AvgIpc) is 3.05. The fourth-order valence-corrected chi connectivity index (χ4v) is 6.02. The minimum atomic E-state index is -3.51. The van der Waals surface area contributed by atoms with E-state index < -0.39 is 10.0 Å². The number of piperazine rings is 1. The zero-order valence-electron chi connectivity index (χ0n) is 15.0. The smallest absolute Gasteiger partial charge is 0.264 e. The number of rotatable bonds is 3. The van der Waals surface area contributed by atoms with Crippen molar-refractivity contribution in [3.63, 3.8) is 0 Å². The molecule has 0 N–H and O–H groups in total. The summed E-state index contributed by atoms with van der Waals surface area (Å²) < 4.78 is 28.0. The molecular weight excluding hydrogens is 380 g/mol. The summed E-state index contributed by atoms with van der Waals surface area (Å²) in [6.07, 6.45) is 0. The van der Waals surface area contributed by atoms with Gasteiger partial charge in [-0.25, -0.2) is 8.42 Å². The van der Waals surface area contributed by atoms with Crippen LogP contribution in [0.1, 0.15) is 15.2 Å². The van der Waals surface area contributed by atoms with Gasteiger partial charge in [0.25, 0.3) is 5.91 Å². The van der Waals surface area contributed by atoms with Crippen LogP contribution in [0.4, 0.5) is 0 Å². The van der Waals surface area contributed by atoms with Crippen molar-refractivity contribution in [1.82, 2.24) is 9.21 Å². The molecule has 7 heteroatoms. The number of hydrogen-bond donors (Lipinski definition) is 0. The van der Waals surface area contributed by atoms with Gasteiger partial charge in [-0.05, 0) is 36.1 Å². The SMILES string of the molecule is Cc1c(C(=O)N2CCN(S(=O)(=O)c3ccccc3)CC2)sc2ccccc12. The third kappa shape index (κ3) is 3.26. The lowest BCUT2D eigenvalue weighted by atomic mass is 10.1. The number of hydrogen-bond acceptors (Lipinski definition) is 4. The number of amides is 1. The van der Waals surface area contributed by atoms with Gasteiger partial charge in [0, 0.05) is 30.9 Å². The van der Waals surface area contributed by atoms with Crippen molar-refractivity contribution in [2.75, 3.05) is 26.2 Å². The van der Waals surface area contributed by atoms with Crippen LogP contribution in [0.2, 0.25) is 0 Å². The molecule has 3 aromatic rings. The van der Waals surface area contributed by atoms with Crippen LogP contribution in [0, 0.1) is 6.92 Å². The van der Waals surface area contributed by atoms with E-state index in [4.69, 9.17) is 0 Å². The van der Waals surface area contributed by atoms with Crippen molar-refractivity contribution in [3.8, 4) is 0 Å². The van der Waals surface area contributed by atoms with Gasteiger partial charge in [0.2, 0.25) is 10.0 Å². The molecule has 0 unspecified atom stereocenters. The van der Waals surface area contributed by atoms with E-state index in [-0.39, 0.29) is 5.91 Å². The number of nitrogens with zero attached hydrogens (tertiary/aromatic N) is 2. The minimum Gasteiger partial charge on any atom is -0.335 e. The van der Waals surface area contributed by atoms with Crippen LogP contribution in [0.25, 0.3) is 10.1 Å². The Bertz CT molecular complexity index is 1080. The highest BCUT2D eigenvalue weighted by atomic mass is 32.2. The molecule has 2 heterocycles. The number of aryl methyl sites for hydroxylation is 1. The maximum atomic E-state index is 13.0. The van der Waals surface area contributed by atoms with E-state index in [1.54, 1.807) is 35.2 Å². The molecule has 4 rings (SSSR count). The van der Waals surface area contributed by atoms with Crippen LogP contribution < -0.4 is 0 Å². The van der Waals surface area contributed by atoms with E-state index in [0.29, 0.717) is 31.1 Å². The zero-order valence-corrected chi connectivity index (χ0v) is 16.6. The molecule has 0 spiro atoms. The van der Waals surface area contributed by atoms with Crippen molar-refractivity contribution in [1.29, 1.82) is 0 Å². The Labute approximate surface area is 162 Å². The lowest BCUT2D eigenvalue weighted by Gasteiger charge is -2.34. The van der Waals surface area contributed by atoms with Gasteiger partial charge in [-0.3, -0.25) is 4.79 Å². The molecule has 0 aliphatic carbocycles. The predicted octanol–water partition coefficient (Wildman–Crippen LogP) is 3.36. The molecule has 0 saturated carbocycles. The maximum Gasteiger partial charge on any atom is 0.264 e. The molecule has 1 amide bonds. The fourth-order valence-electron chi connectivity index (χ4n) is 3.40. The molecule has 2 aromatic carbocycles. The topological polar surface area (TPSA) is 57.7 Å². The Kier molecular flexibility index (Phi) is 4.75. The maximum absolute atomic E-state index is 13.0. The summed E-state index contributed by atoms with van der Waals surface area (Å²) >= 11 is 1.51. The molecule has 0 bridgehead atoms. The van der Waals surface area contributed by atoms with Crippen molar-refractivity contribution in [2.24, 2.45) is 0 Å². The second-order valence-corrected chi connectivity index (χ2v) is 9.55. The highest BCUT2D eigenvalue weighted by Gasteiger charge is 2.31. The first kappa shape index (κ1) is 18.2. The average molecular weight is 401 g/mol. The number of thiophene rings is 1. The lowest BCUT2D eigenvalue weighted by Crippen LogP contribution is -2.50. The third-order valence-corrected chi connectivity index (χ3v) is 8.12. The van der Waals surface area contributed by atoms with Gasteiger partial charge in [-0.2, -0.15) is 4.31 Å². The van der Waals surface area contributed by atoms with Crippen LogP contribution in [0.15, 0.2) is 59.5 Å². The summed E-state index contributed by atoms with van der Waals surface area (Å²) in [5.74, 6) is -0.00883. The van der Waals surface area contributed by atoms with Crippen LogP contribution in [-0.4, -0.2) is 49.7 Å². The molecule has 27 heavy (non-hydrogen) atoms. The molecule has 1 aliphatic rings. The third-order valence-electron chi connectivity index (χ3n) is 4.94. The Balaban J connectivity index is 1.50. The lowest BCUT2D eigenvalue weighted by molar-refractivity contribution is 0.0702.